The van der Waals surface area contributed by atoms with Crippen LogP contribution in [-0.2, 0) is 25.4 Å². The molecule has 1 atom stereocenters. The summed E-state index contributed by atoms with van der Waals surface area (Å²) in [5.74, 6) is -0.319. The second-order valence-corrected chi connectivity index (χ2v) is 6.78. The molecule has 0 radical (unpaired) electrons. The Morgan fingerprint density at radius 3 is 2.37 bits per heavy atom. The Morgan fingerprint density at radius 2 is 1.77 bits per heavy atom. The lowest BCUT2D eigenvalue weighted by Gasteiger charge is -2.22. The maximum atomic E-state index is 12.2. The fraction of sp³-hybridized carbons (Fsp3) is 0.636. The van der Waals surface area contributed by atoms with Gasteiger partial charge in [-0.25, -0.2) is 9.59 Å². The van der Waals surface area contributed by atoms with E-state index in [0.717, 1.165) is 24.8 Å². The van der Waals surface area contributed by atoms with Crippen LogP contribution in [-0.4, -0.2) is 74.8 Å². The summed E-state index contributed by atoms with van der Waals surface area (Å²) in [5.41, 5.74) is 0.853. The lowest BCUT2D eigenvalue weighted by atomic mass is 10.1. The summed E-state index contributed by atoms with van der Waals surface area (Å²) in [4.78, 5) is 25.1. The Hall–Kier alpha value is -2.32. The van der Waals surface area contributed by atoms with E-state index in [4.69, 9.17) is 18.9 Å². The molecule has 170 valence electrons. The number of carboxylic acid groups (broad SMARTS) is 1. The topological polar surface area (TPSA) is 94.5 Å². The van der Waals surface area contributed by atoms with Gasteiger partial charge >= 0.3 is 12.1 Å². The summed E-state index contributed by atoms with van der Waals surface area (Å²) in [6.45, 7) is 6.19. The van der Waals surface area contributed by atoms with Crippen LogP contribution in [0, 0.1) is 0 Å². The Kier molecular flexibility index (Phi) is 13.3. The van der Waals surface area contributed by atoms with E-state index in [1.54, 1.807) is 31.1 Å². The van der Waals surface area contributed by atoms with Crippen LogP contribution in [0.15, 0.2) is 24.3 Å². The molecule has 1 N–H and O–H groups in total. The van der Waals surface area contributed by atoms with Crippen molar-refractivity contribution in [2.45, 2.75) is 45.6 Å². The van der Waals surface area contributed by atoms with Crippen molar-refractivity contribution in [2.75, 3.05) is 46.6 Å². The Bertz CT molecular complexity index is 606. The van der Waals surface area contributed by atoms with E-state index in [1.165, 1.54) is 0 Å². The predicted octanol–water partition coefficient (Wildman–Crippen LogP) is 3.37. The van der Waals surface area contributed by atoms with Gasteiger partial charge in [-0.15, -0.1) is 0 Å². The fourth-order valence-electron chi connectivity index (χ4n) is 2.78. The molecule has 8 nitrogen and oxygen atoms in total. The third-order valence-corrected chi connectivity index (χ3v) is 4.42. The molecule has 30 heavy (non-hydrogen) atoms. The highest BCUT2D eigenvalue weighted by Crippen LogP contribution is 2.15. The van der Waals surface area contributed by atoms with Crippen LogP contribution in [0.25, 0.3) is 0 Å². The number of aliphatic carboxylic acids is 1. The Balaban J connectivity index is 2.52. The van der Waals surface area contributed by atoms with E-state index >= 15 is 0 Å². The summed E-state index contributed by atoms with van der Waals surface area (Å²) < 4.78 is 21.1. The highest BCUT2D eigenvalue weighted by molar-refractivity contribution is 5.72. The zero-order valence-corrected chi connectivity index (χ0v) is 18.3. The van der Waals surface area contributed by atoms with E-state index in [-0.39, 0.29) is 12.7 Å². The van der Waals surface area contributed by atoms with Gasteiger partial charge in [0.15, 0.2) is 6.10 Å². The van der Waals surface area contributed by atoms with Crippen molar-refractivity contribution in [1.82, 2.24) is 4.90 Å². The van der Waals surface area contributed by atoms with Crippen molar-refractivity contribution < 1.29 is 33.6 Å². The smallest absolute Gasteiger partial charge is 0.409 e. The number of hydrogen-bond donors (Lipinski definition) is 1. The van der Waals surface area contributed by atoms with Crippen LogP contribution in [0.5, 0.6) is 5.75 Å². The molecule has 0 spiro atoms. The maximum Gasteiger partial charge on any atom is 0.409 e. The van der Waals surface area contributed by atoms with Crippen LogP contribution in [0.1, 0.15) is 38.7 Å². The average molecular weight is 426 g/mol. The standard InChI is InChI=1S/C22H35NO7/c1-4-6-7-12-23(22(26)30-16-15-27-3)13-14-29-19-10-8-18(9-11-19)17-20(21(24)25)28-5-2/h8-11,20H,4-7,12-17H2,1-3H3,(H,24,25). The molecule has 0 saturated heterocycles. The zero-order valence-electron chi connectivity index (χ0n) is 18.3. The SMILES string of the molecule is CCCCCN(CCOc1ccc(CC(OCC)C(=O)O)cc1)C(=O)OCCOC. The molecule has 1 amide bonds. The summed E-state index contributed by atoms with van der Waals surface area (Å²) in [7, 11) is 1.56. The van der Waals surface area contributed by atoms with Crippen molar-refractivity contribution in [3.8, 4) is 5.75 Å². The quantitative estimate of drug-likeness (QED) is 0.406. The number of nitrogens with zero attached hydrogens (tertiary/aromatic N) is 1. The zero-order chi connectivity index (χ0) is 22.2. The third kappa shape index (κ3) is 10.5. The number of unbranched alkanes of at least 4 members (excludes halogenated alkanes) is 2. The van der Waals surface area contributed by atoms with E-state index in [1.807, 2.05) is 12.1 Å². The van der Waals surface area contributed by atoms with Crippen LogP contribution in [0.2, 0.25) is 0 Å². The molecule has 1 unspecified atom stereocenters. The fourth-order valence-corrected chi connectivity index (χ4v) is 2.78. The van der Waals surface area contributed by atoms with Crippen molar-refractivity contribution in [3.05, 3.63) is 29.8 Å². The normalized spacial score (nSPS) is 11.7. The molecule has 1 aromatic rings. The van der Waals surface area contributed by atoms with Gasteiger partial charge in [0.2, 0.25) is 0 Å². The lowest BCUT2D eigenvalue weighted by molar-refractivity contribution is -0.149. The first-order valence-corrected chi connectivity index (χ1v) is 10.5. The largest absolute Gasteiger partial charge is 0.492 e. The van der Waals surface area contributed by atoms with Gasteiger partial charge in [0.05, 0.1) is 13.2 Å². The Morgan fingerprint density at radius 1 is 1.03 bits per heavy atom. The van der Waals surface area contributed by atoms with Crippen molar-refractivity contribution in [2.24, 2.45) is 0 Å². The number of hydrogen-bond acceptors (Lipinski definition) is 6. The van der Waals surface area contributed by atoms with E-state index < -0.39 is 12.1 Å². The summed E-state index contributed by atoms with van der Waals surface area (Å²) in [6.07, 6.45) is 2.10. The summed E-state index contributed by atoms with van der Waals surface area (Å²) in [6, 6.07) is 7.22. The molecule has 1 aromatic carbocycles. The number of carbonyl (C=O) groups excluding carboxylic acids is 1. The van der Waals surface area contributed by atoms with Gasteiger partial charge in [-0.05, 0) is 31.0 Å². The first-order valence-electron chi connectivity index (χ1n) is 10.5. The molecule has 0 bridgehead atoms. The molecule has 8 heteroatoms. The number of amides is 1. The van der Waals surface area contributed by atoms with Gasteiger partial charge in [0.1, 0.15) is 19.0 Å². The molecule has 0 aliphatic carbocycles. The number of carbonyl (C=O) groups is 2. The molecule has 1 rings (SSSR count). The molecule has 0 aliphatic rings. The average Bonchev–Trinajstić information content (AvgIpc) is 2.73. The first kappa shape index (κ1) is 25.7. The second kappa shape index (κ2) is 15.5. The summed E-state index contributed by atoms with van der Waals surface area (Å²) in [5, 5.41) is 9.18. The van der Waals surface area contributed by atoms with Gasteiger partial charge in [-0.1, -0.05) is 31.9 Å². The molecule has 0 fully saturated rings. The highest BCUT2D eigenvalue weighted by Gasteiger charge is 2.18. The minimum absolute atomic E-state index is 0.223. The van der Waals surface area contributed by atoms with Crippen LogP contribution >= 0.6 is 0 Å². The number of rotatable bonds is 16. The van der Waals surface area contributed by atoms with E-state index in [2.05, 4.69) is 6.92 Å². The Labute approximate surface area is 179 Å². The van der Waals surface area contributed by atoms with Crippen molar-refractivity contribution >= 4 is 12.1 Å². The highest BCUT2D eigenvalue weighted by atomic mass is 16.6. The van der Waals surface area contributed by atoms with Gasteiger partial charge in [0.25, 0.3) is 0 Å². The number of ether oxygens (including phenoxy) is 4. The van der Waals surface area contributed by atoms with E-state index in [9.17, 15) is 14.7 Å². The van der Waals surface area contributed by atoms with Gasteiger partial charge < -0.3 is 29.0 Å². The van der Waals surface area contributed by atoms with Crippen LogP contribution in [0.3, 0.4) is 0 Å². The third-order valence-electron chi connectivity index (χ3n) is 4.42. The number of carboxylic acids is 1. The molecule has 0 aliphatic heterocycles. The van der Waals surface area contributed by atoms with Crippen molar-refractivity contribution in [3.63, 3.8) is 0 Å². The predicted molar refractivity (Wildman–Crippen MR) is 113 cm³/mol. The molecular weight excluding hydrogens is 390 g/mol. The lowest BCUT2D eigenvalue weighted by Crippen LogP contribution is -2.36. The molecular formula is C22H35NO7. The number of methoxy groups -OCH3 is 1. The maximum absolute atomic E-state index is 12.2. The summed E-state index contributed by atoms with van der Waals surface area (Å²) >= 11 is 0. The minimum atomic E-state index is -0.974. The van der Waals surface area contributed by atoms with Crippen LogP contribution < -0.4 is 4.74 Å². The van der Waals surface area contributed by atoms with Gasteiger partial charge in [-0.2, -0.15) is 0 Å². The first-order chi connectivity index (χ1) is 14.5. The number of benzene rings is 1. The molecule has 0 saturated carbocycles. The molecule has 0 heterocycles. The van der Waals surface area contributed by atoms with E-state index in [0.29, 0.717) is 45.1 Å². The minimum Gasteiger partial charge on any atom is -0.492 e. The van der Waals surface area contributed by atoms with Crippen molar-refractivity contribution in [1.29, 1.82) is 0 Å². The van der Waals surface area contributed by atoms with Gasteiger partial charge in [0, 0.05) is 26.7 Å². The second-order valence-electron chi connectivity index (χ2n) is 6.78. The molecule has 0 aromatic heterocycles. The van der Waals surface area contributed by atoms with Crippen LogP contribution in [0.4, 0.5) is 4.79 Å². The monoisotopic (exact) mass is 425 g/mol. The van der Waals surface area contributed by atoms with Gasteiger partial charge in [-0.3, -0.25) is 0 Å².